The summed E-state index contributed by atoms with van der Waals surface area (Å²) in [5, 5.41) is 3.66. The second kappa shape index (κ2) is 20.4. The number of hydrogen-bond acceptors (Lipinski definition) is 10. The van der Waals surface area contributed by atoms with Gasteiger partial charge in [0, 0.05) is 53.0 Å². The monoisotopic (exact) mass is 850 g/mol. The zero-order valence-corrected chi connectivity index (χ0v) is 38.8. The van der Waals surface area contributed by atoms with E-state index in [0.717, 1.165) is 54.1 Å². The van der Waals surface area contributed by atoms with Gasteiger partial charge in [0.25, 0.3) is 0 Å². The highest BCUT2D eigenvalue weighted by molar-refractivity contribution is 7.91. The van der Waals surface area contributed by atoms with Gasteiger partial charge >= 0.3 is 0 Å². The summed E-state index contributed by atoms with van der Waals surface area (Å²) in [5.41, 5.74) is 4.36. The topological polar surface area (TPSA) is 105 Å². The van der Waals surface area contributed by atoms with Crippen LogP contribution in [0.15, 0.2) is 71.6 Å². The van der Waals surface area contributed by atoms with Crippen LogP contribution in [0.5, 0.6) is 5.75 Å². The fourth-order valence-electron chi connectivity index (χ4n) is 9.83. The van der Waals surface area contributed by atoms with Gasteiger partial charge in [0.1, 0.15) is 12.4 Å². The van der Waals surface area contributed by atoms with Crippen molar-refractivity contribution in [1.29, 1.82) is 0 Å². The number of aryl methyl sites for hydroxylation is 1. The third-order valence-electron chi connectivity index (χ3n) is 12.9. The van der Waals surface area contributed by atoms with Gasteiger partial charge in [-0.05, 0) is 89.2 Å². The average molecular weight is 851 g/mol. The van der Waals surface area contributed by atoms with Crippen molar-refractivity contribution >= 4 is 23.8 Å². The second-order valence-electron chi connectivity index (χ2n) is 17.9. The van der Waals surface area contributed by atoms with Crippen molar-refractivity contribution in [2.45, 2.75) is 113 Å². The quantitative estimate of drug-likeness (QED) is 0.0826. The summed E-state index contributed by atoms with van der Waals surface area (Å²) < 4.78 is 68.4. The number of nitrogens with zero attached hydrogens (tertiary/aromatic N) is 1. The summed E-state index contributed by atoms with van der Waals surface area (Å²) in [5.74, 6) is 1.52. The van der Waals surface area contributed by atoms with Crippen molar-refractivity contribution in [3.63, 3.8) is 0 Å². The van der Waals surface area contributed by atoms with Gasteiger partial charge in [-0.15, -0.1) is 0 Å². The van der Waals surface area contributed by atoms with Gasteiger partial charge in [-0.25, -0.2) is 8.42 Å². The van der Waals surface area contributed by atoms with Gasteiger partial charge in [0.05, 0.1) is 42.5 Å². The number of nitrogens with one attached hydrogen (secondary N) is 1. The summed E-state index contributed by atoms with van der Waals surface area (Å²) in [4.78, 5) is 2.48. The van der Waals surface area contributed by atoms with Crippen molar-refractivity contribution in [2.75, 3.05) is 71.7 Å². The SMILES string of the molecule is COCCCN1CCOc2ccc(C(O[C@H]3CNC[C@@H](O[Si](C(C)C)(C(C)C)C(C)C)[C@@H]3c3ccccc3COCC3C[C@@H]3COC)S(=O)(=O)c3ccc(C)cc3)cc21. The highest BCUT2D eigenvalue weighted by Crippen LogP contribution is 2.47. The van der Waals surface area contributed by atoms with E-state index in [1.54, 1.807) is 26.4 Å². The lowest BCUT2D eigenvalue weighted by Crippen LogP contribution is -2.58. The minimum Gasteiger partial charge on any atom is -0.490 e. The number of piperidine rings is 1. The minimum absolute atomic E-state index is 0.221. The maximum absolute atomic E-state index is 15.1. The molecular weight excluding hydrogens is 781 g/mol. The molecule has 2 unspecified atom stereocenters. The van der Waals surface area contributed by atoms with Crippen LogP contribution in [-0.4, -0.2) is 95.8 Å². The van der Waals surface area contributed by atoms with Crippen molar-refractivity contribution in [3.05, 3.63) is 89.0 Å². The van der Waals surface area contributed by atoms with E-state index in [1.807, 2.05) is 37.3 Å². The van der Waals surface area contributed by atoms with Crippen molar-refractivity contribution in [2.24, 2.45) is 11.8 Å². The highest BCUT2D eigenvalue weighted by atomic mass is 32.2. The number of sulfone groups is 1. The number of ether oxygens (including phenoxy) is 5. The maximum atomic E-state index is 15.1. The smallest absolute Gasteiger partial charge is 0.209 e. The van der Waals surface area contributed by atoms with Crippen LogP contribution < -0.4 is 15.0 Å². The van der Waals surface area contributed by atoms with Crippen LogP contribution in [0.25, 0.3) is 0 Å². The number of rotatable bonds is 21. The summed E-state index contributed by atoms with van der Waals surface area (Å²) in [6.07, 6.45) is 1.14. The van der Waals surface area contributed by atoms with Gasteiger partial charge < -0.3 is 38.3 Å². The lowest BCUT2D eigenvalue weighted by atomic mass is 9.83. The van der Waals surface area contributed by atoms with Crippen molar-refractivity contribution < 1.29 is 36.5 Å². The fourth-order valence-corrected chi connectivity index (χ4v) is 17.0. The first kappa shape index (κ1) is 45.7. The lowest BCUT2D eigenvalue weighted by molar-refractivity contribution is -0.0371. The minimum atomic E-state index is -4.07. The Bertz CT molecular complexity index is 1890. The van der Waals surface area contributed by atoms with Crippen LogP contribution in [0, 0.1) is 18.8 Å². The Morgan fingerprint density at radius 1 is 0.864 bits per heavy atom. The molecule has 3 aromatic rings. The van der Waals surface area contributed by atoms with E-state index < -0.39 is 29.7 Å². The first-order chi connectivity index (χ1) is 28.3. The van der Waals surface area contributed by atoms with Crippen LogP contribution in [0.1, 0.15) is 88.0 Å². The Hall–Kier alpha value is -2.81. The first-order valence-corrected chi connectivity index (χ1v) is 25.5. The standard InChI is InChI=1S/C47H70N2O8SSi/c1-32(2)59(33(3)4,34(5)6)57-45-28-48-27-44(46(45)41-14-11-10-13-37(41)30-54-31-39-25-38(39)29-53-9)56-47(58(50,51)40-18-15-35(7)16-19-40)36-17-20-43-42(26-36)49(22-24-55-43)21-12-23-52-8/h10-11,13-20,26,32-34,38-39,44-48H,12,21-25,27-31H2,1-9H3/t38-,39?,44+,45-,46-,47?/m1/s1. The van der Waals surface area contributed by atoms with E-state index in [4.69, 9.17) is 28.1 Å². The van der Waals surface area contributed by atoms with Gasteiger partial charge in [0.2, 0.25) is 18.2 Å². The normalized spacial score (nSPS) is 22.8. The summed E-state index contributed by atoms with van der Waals surface area (Å²) in [6.45, 7) is 21.5. The number of hydrogen-bond donors (Lipinski definition) is 1. The highest BCUT2D eigenvalue weighted by Gasteiger charge is 2.50. The van der Waals surface area contributed by atoms with E-state index in [-0.39, 0.29) is 16.9 Å². The zero-order valence-electron chi connectivity index (χ0n) is 36.9. The Labute approximate surface area is 355 Å². The molecule has 326 valence electrons. The Morgan fingerprint density at radius 2 is 1.56 bits per heavy atom. The first-order valence-electron chi connectivity index (χ1n) is 21.8. The molecule has 0 bridgehead atoms. The number of benzene rings is 3. The zero-order chi connectivity index (χ0) is 42.3. The molecule has 2 fully saturated rings. The molecule has 1 saturated carbocycles. The molecular formula is C47H70N2O8SSi. The maximum Gasteiger partial charge on any atom is 0.209 e. The predicted molar refractivity (Wildman–Crippen MR) is 238 cm³/mol. The van der Waals surface area contributed by atoms with E-state index >= 15 is 8.42 Å². The molecule has 0 aromatic heterocycles. The molecule has 10 nitrogen and oxygen atoms in total. The van der Waals surface area contributed by atoms with E-state index in [0.29, 0.717) is 80.1 Å². The molecule has 59 heavy (non-hydrogen) atoms. The van der Waals surface area contributed by atoms with Crippen LogP contribution in [0.3, 0.4) is 0 Å². The summed E-state index contributed by atoms with van der Waals surface area (Å²) >= 11 is 0. The molecule has 6 rings (SSSR count). The molecule has 3 aromatic carbocycles. The molecule has 12 heteroatoms. The molecule has 2 aliphatic heterocycles. The molecule has 6 atom stereocenters. The Balaban J connectivity index is 1.43. The van der Waals surface area contributed by atoms with E-state index in [2.05, 4.69) is 76.0 Å². The van der Waals surface area contributed by atoms with Crippen LogP contribution in [-0.2, 0) is 39.8 Å². The van der Waals surface area contributed by atoms with E-state index in [1.165, 1.54) is 0 Å². The average Bonchev–Trinajstić information content (AvgIpc) is 3.96. The van der Waals surface area contributed by atoms with Crippen LogP contribution in [0.4, 0.5) is 5.69 Å². The molecule has 0 spiro atoms. The summed E-state index contributed by atoms with van der Waals surface area (Å²) in [7, 11) is -3.01. The van der Waals surface area contributed by atoms with Gasteiger partial charge in [-0.1, -0.05) is 89.6 Å². The molecule has 1 N–H and O–H groups in total. The molecule has 1 saturated heterocycles. The lowest BCUT2D eigenvalue weighted by Gasteiger charge is -2.49. The molecule has 0 amide bonds. The van der Waals surface area contributed by atoms with Crippen LogP contribution >= 0.6 is 0 Å². The molecule has 1 aliphatic carbocycles. The third-order valence-corrected chi connectivity index (χ3v) is 20.9. The predicted octanol–water partition coefficient (Wildman–Crippen LogP) is 8.83. The van der Waals surface area contributed by atoms with Gasteiger partial charge in [-0.3, -0.25) is 0 Å². The van der Waals surface area contributed by atoms with Crippen LogP contribution in [0.2, 0.25) is 16.6 Å². The molecule has 0 radical (unpaired) electrons. The molecule has 3 aliphatic rings. The largest absolute Gasteiger partial charge is 0.490 e. The number of fused-ring (bicyclic) bond motifs is 1. The number of anilines is 1. The molecule has 2 heterocycles. The Morgan fingerprint density at radius 3 is 2.25 bits per heavy atom. The van der Waals surface area contributed by atoms with Gasteiger partial charge in [-0.2, -0.15) is 0 Å². The second-order valence-corrected chi connectivity index (χ2v) is 25.3. The van der Waals surface area contributed by atoms with Crippen molar-refractivity contribution in [3.8, 4) is 5.75 Å². The van der Waals surface area contributed by atoms with Gasteiger partial charge in [0.15, 0.2) is 5.44 Å². The van der Waals surface area contributed by atoms with E-state index in [9.17, 15) is 0 Å². The van der Waals surface area contributed by atoms with Crippen molar-refractivity contribution in [1.82, 2.24) is 5.32 Å². The third kappa shape index (κ3) is 10.5. The summed E-state index contributed by atoms with van der Waals surface area (Å²) in [6, 6.07) is 21.3. The fraction of sp³-hybridized carbons (Fsp3) is 0.617. The number of methoxy groups -OCH3 is 2. The Kier molecular flexibility index (Phi) is 15.8.